The van der Waals surface area contributed by atoms with Gasteiger partial charge in [-0.15, -0.1) is 24.0 Å². The number of aliphatic imine (C=N–C) groups is 1. The van der Waals surface area contributed by atoms with E-state index in [1.165, 1.54) is 56.1 Å². The number of anilines is 1. The first-order valence-corrected chi connectivity index (χ1v) is 8.00. The van der Waals surface area contributed by atoms with Crippen LogP contribution in [0.15, 0.2) is 23.2 Å². The van der Waals surface area contributed by atoms with E-state index in [0.29, 0.717) is 5.96 Å². The summed E-state index contributed by atoms with van der Waals surface area (Å²) in [6.45, 7) is 0.860. The maximum atomic E-state index is 6.02. The Bertz CT molecular complexity index is 495. The number of nitrogens with two attached hydrogens (primary N) is 1. The largest absolute Gasteiger partial charge is 0.370 e. The Hall–Kier alpha value is -0.780. The van der Waals surface area contributed by atoms with E-state index in [4.69, 9.17) is 5.73 Å². The number of hydrogen-bond donors (Lipinski definition) is 2. The molecular weight excluding hydrogens is 373 g/mol. The number of hydrogen-bond acceptors (Lipinski definition) is 1. The molecule has 0 atom stereocenters. The van der Waals surface area contributed by atoms with Crippen LogP contribution in [0.5, 0.6) is 0 Å². The number of fused-ring (bicyclic) bond motifs is 1. The molecule has 3 nitrogen and oxygen atoms in total. The van der Waals surface area contributed by atoms with E-state index in [-0.39, 0.29) is 24.0 Å². The highest BCUT2D eigenvalue weighted by atomic mass is 127. The van der Waals surface area contributed by atoms with Gasteiger partial charge in [-0.2, -0.15) is 0 Å². The average Bonchev–Trinajstić information content (AvgIpc) is 2.42. The van der Waals surface area contributed by atoms with Crippen LogP contribution in [-0.4, -0.2) is 12.5 Å². The van der Waals surface area contributed by atoms with Gasteiger partial charge in [0.1, 0.15) is 0 Å². The lowest BCUT2D eigenvalue weighted by Crippen LogP contribution is -2.24. The van der Waals surface area contributed by atoms with E-state index < -0.39 is 0 Å². The third-order valence-corrected chi connectivity index (χ3v) is 4.70. The van der Waals surface area contributed by atoms with Crippen molar-refractivity contribution in [2.75, 3.05) is 11.9 Å². The predicted octanol–water partition coefficient (Wildman–Crippen LogP) is 4.10. The fraction of sp³-hybridized carbons (Fsp3) is 0.588. The average molecular weight is 399 g/mol. The van der Waals surface area contributed by atoms with Gasteiger partial charge in [0, 0.05) is 12.2 Å². The molecule has 0 saturated heterocycles. The summed E-state index contributed by atoms with van der Waals surface area (Å²) in [6, 6.07) is 6.48. The van der Waals surface area contributed by atoms with Crippen LogP contribution in [0, 0.1) is 5.92 Å². The van der Waals surface area contributed by atoms with Crippen LogP contribution in [0.4, 0.5) is 5.69 Å². The van der Waals surface area contributed by atoms with Crippen molar-refractivity contribution >= 4 is 35.6 Å². The summed E-state index contributed by atoms with van der Waals surface area (Å²) in [7, 11) is 0. The second-order valence-electron chi connectivity index (χ2n) is 6.13. The molecule has 2 aliphatic carbocycles. The molecule has 0 unspecified atom stereocenters. The summed E-state index contributed by atoms with van der Waals surface area (Å²) in [4.78, 5) is 4.47. The van der Waals surface area contributed by atoms with E-state index in [1.807, 2.05) is 0 Å². The number of aryl methyl sites for hydroxylation is 1. The molecular formula is C17H26IN3. The molecule has 1 aromatic rings. The van der Waals surface area contributed by atoms with E-state index >= 15 is 0 Å². The summed E-state index contributed by atoms with van der Waals surface area (Å²) < 4.78 is 0. The van der Waals surface area contributed by atoms with Crippen molar-refractivity contribution in [1.29, 1.82) is 0 Å². The van der Waals surface area contributed by atoms with E-state index in [0.717, 1.165) is 24.6 Å². The Morgan fingerprint density at radius 2 is 2.00 bits per heavy atom. The van der Waals surface area contributed by atoms with Crippen LogP contribution in [0.1, 0.15) is 49.7 Å². The lowest BCUT2D eigenvalue weighted by molar-refractivity contribution is 0.300. The third-order valence-electron chi connectivity index (χ3n) is 4.70. The van der Waals surface area contributed by atoms with Crippen molar-refractivity contribution in [3.63, 3.8) is 0 Å². The van der Waals surface area contributed by atoms with E-state index in [9.17, 15) is 0 Å². The van der Waals surface area contributed by atoms with Gasteiger partial charge in [-0.3, -0.25) is 4.99 Å². The molecule has 0 radical (unpaired) electrons. The lowest BCUT2D eigenvalue weighted by atomic mass is 9.83. The summed E-state index contributed by atoms with van der Waals surface area (Å²) >= 11 is 0. The quantitative estimate of drug-likeness (QED) is 0.455. The fourth-order valence-electron chi connectivity index (χ4n) is 3.22. The van der Waals surface area contributed by atoms with Gasteiger partial charge in [0.15, 0.2) is 5.96 Å². The molecule has 1 saturated carbocycles. The van der Waals surface area contributed by atoms with Crippen LogP contribution in [0.3, 0.4) is 0 Å². The summed E-state index contributed by atoms with van der Waals surface area (Å²) in [5.41, 5.74) is 10.1. The van der Waals surface area contributed by atoms with E-state index in [2.05, 4.69) is 28.5 Å². The molecule has 0 bridgehead atoms. The monoisotopic (exact) mass is 399 g/mol. The third kappa shape index (κ3) is 4.34. The Morgan fingerprint density at radius 3 is 2.76 bits per heavy atom. The van der Waals surface area contributed by atoms with Crippen LogP contribution in [0.2, 0.25) is 0 Å². The maximum Gasteiger partial charge on any atom is 0.193 e. The van der Waals surface area contributed by atoms with Gasteiger partial charge in [-0.05, 0) is 55.2 Å². The minimum Gasteiger partial charge on any atom is -0.370 e. The van der Waals surface area contributed by atoms with Crippen molar-refractivity contribution in [2.24, 2.45) is 16.6 Å². The Labute approximate surface area is 144 Å². The molecule has 1 fully saturated rings. The van der Waals surface area contributed by atoms with Crippen molar-refractivity contribution < 1.29 is 0 Å². The molecule has 0 aliphatic heterocycles. The normalized spacial score (nSPS) is 18.4. The molecule has 0 spiro atoms. The smallest absolute Gasteiger partial charge is 0.193 e. The van der Waals surface area contributed by atoms with Crippen LogP contribution < -0.4 is 11.1 Å². The van der Waals surface area contributed by atoms with Gasteiger partial charge in [0.25, 0.3) is 0 Å². The van der Waals surface area contributed by atoms with Crippen LogP contribution in [-0.2, 0) is 12.8 Å². The van der Waals surface area contributed by atoms with Gasteiger partial charge in [-0.25, -0.2) is 0 Å². The van der Waals surface area contributed by atoms with Gasteiger partial charge < -0.3 is 11.1 Å². The molecule has 0 heterocycles. The lowest BCUT2D eigenvalue weighted by Gasteiger charge is -2.24. The molecule has 3 rings (SSSR count). The minimum absolute atomic E-state index is 0. The Morgan fingerprint density at radius 1 is 1.19 bits per heavy atom. The highest BCUT2D eigenvalue weighted by Crippen LogP contribution is 2.29. The summed E-state index contributed by atoms with van der Waals surface area (Å²) in [5, 5.41) is 3.31. The van der Waals surface area contributed by atoms with Crippen molar-refractivity contribution in [2.45, 2.75) is 51.4 Å². The maximum absolute atomic E-state index is 6.02. The zero-order valence-electron chi connectivity index (χ0n) is 12.6. The molecule has 0 aromatic heterocycles. The van der Waals surface area contributed by atoms with Crippen molar-refractivity contribution in [3.05, 3.63) is 29.3 Å². The SMILES string of the molecule is I.NC(=NCCC1CCC1)Nc1cccc2c1CCCC2. The molecule has 4 heteroatoms. The number of nitrogens with one attached hydrogen (secondary N) is 1. The van der Waals surface area contributed by atoms with Gasteiger partial charge in [0.2, 0.25) is 0 Å². The number of rotatable bonds is 4. The fourth-order valence-corrected chi connectivity index (χ4v) is 3.22. The second-order valence-corrected chi connectivity index (χ2v) is 6.13. The first kappa shape index (κ1) is 16.6. The number of halogens is 1. The Balaban J connectivity index is 0.00000161. The zero-order chi connectivity index (χ0) is 13.8. The number of benzene rings is 1. The first-order valence-electron chi connectivity index (χ1n) is 8.00. The highest BCUT2D eigenvalue weighted by molar-refractivity contribution is 14.0. The molecule has 2 aliphatic rings. The second kappa shape index (κ2) is 8.01. The molecule has 3 N–H and O–H groups in total. The Kier molecular flexibility index (Phi) is 6.33. The van der Waals surface area contributed by atoms with Crippen LogP contribution in [0.25, 0.3) is 0 Å². The molecule has 0 amide bonds. The van der Waals surface area contributed by atoms with E-state index in [1.54, 1.807) is 0 Å². The van der Waals surface area contributed by atoms with Gasteiger partial charge in [0.05, 0.1) is 0 Å². The van der Waals surface area contributed by atoms with Gasteiger partial charge in [-0.1, -0.05) is 31.4 Å². The minimum atomic E-state index is 0. The standard InChI is InChI=1S/C17H25N3.HI/c18-17(19-12-11-13-5-3-6-13)20-16-10-4-8-14-7-1-2-9-15(14)16;/h4,8,10,13H,1-3,5-7,9,11-12H2,(H3,18,19,20);1H. The van der Waals surface area contributed by atoms with Crippen molar-refractivity contribution in [3.8, 4) is 0 Å². The topological polar surface area (TPSA) is 50.4 Å². The zero-order valence-corrected chi connectivity index (χ0v) is 14.9. The molecule has 1 aromatic carbocycles. The predicted molar refractivity (Wildman–Crippen MR) is 101 cm³/mol. The summed E-state index contributed by atoms with van der Waals surface area (Å²) in [5.74, 6) is 1.47. The highest BCUT2D eigenvalue weighted by Gasteiger charge is 2.16. The first-order chi connectivity index (χ1) is 9.83. The van der Waals surface area contributed by atoms with Gasteiger partial charge >= 0.3 is 0 Å². The molecule has 21 heavy (non-hydrogen) atoms. The number of nitrogens with zero attached hydrogens (tertiary/aromatic N) is 1. The number of guanidine groups is 1. The van der Waals surface area contributed by atoms with Crippen molar-refractivity contribution in [1.82, 2.24) is 0 Å². The molecule has 116 valence electrons. The van der Waals surface area contributed by atoms with Crippen LogP contribution >= 0.6 is 24.0 Å². The summed E-state index contributed by atoms with van der Waals surface area (Å²) in [6.07, 6.45) is 10.3.